The summed E-state index contributed by atoms with van der Waals surface area (Å²) in [4.78, 5) is 35.3. The van der Waals surface area contributed by atoms with E-state index in [1.54, 1.807) is 0 Å². The second-order valence-electron chi connectivity index (χ2n) is 15.7. The number of hydrogen-bond acceptors (Lipinski definition) is 7. The lowest BCUT2D eigenvalue weighted by Gasteiger charge is -2.24. The van der Waals surface area contributed by atoms with Crippen molar-refractivity contribution >= 4 is 19.8 Å². The van der Waals surface area contributed by atoms with Crippen LogP contribution in [-0.2, 0) is 32.7 Å². The monoisotopic (exact) mass is 773 g/mol. The molecule has 0 rings (SSSR count). The average molecular weight is 773 g/mol. The number of likely N-dealkylation sites (N-methyl/N-ethyl adjacent to an activating group) is 1. The van der Waals surface area contributed by atoms with E-state index in [1.807, 2.05) is 21.1 Å². The van der Waals surface area contributed by atoms with Crippen molar-refractivity contribution < 1.29 is 42.1 Å². The van der Waals surface area contributed by atoms with Crippen molar-refractivity contribution in [3.8, 4) is 0 Å². The molecule has 0 aromatic rings. The van der Waals surface area contributed by atoms with Crippen LogP contribution in [0.4, 0.5) is 0 Å². The number of allylic oxidation sites excluding steroid dienone is 4. The summed E-state index contributed by atoms with van der Waals surface area (Å²) in [6.45, 7) is 4.38. The van der Waals surface area contributed by atoms with Gasteiger partial charge < -0.3 is 18.9 Å². The fourth-order valence-electron chi connectivity index (χ4n) is 5.77. The molecule has 0 aliphatic carbocycles. The highest BCUT2D eigenvalue weighted by atomic mass is 31.2. The number of ether oxygens (including phenoxy) is 2. The van der Waals surface area contributed by atoms with Crippen LogP contribution < -0.4 is 0 Å². The zero-order valence-electron chi connectivity index (χ0n) is 35.0. The maximum atomic E-state index is 12.7. The smallest absolute Gasteiger partial charge is 0.462 e. The van der Waals surface area contributed by atoms with Crippen molar-refractivity contribution in [2.75, 3.05) is 47.5 Å². The van der Waals surface area contributed by atoms with Crippen molar-refractivity contribution in [2.24, 2.45) is 0 Å². The maximum absolute atomic E-state index is 12.7. The molecule has 312 valence electrons. The predicted molar refractivity (Wildman–Crippen MR) is 220 cm³/mol. The Balaban J connectivity index is 4.36. The zero-order chi connectivity index (χ0) is 39.3. The fraction of sp³-hybridized carbons (Fsp3) is 0.860. The van der Waals surface area contributed by atoms with Crippen molar-refractivity contribution in [2.45, 2.75) is 193 Å². The molecule has 53 heavy (non-hydrogen) atoms. The first-order valence-electron chi connectivity index (χ1n) is 21.6. The average Bonchev–Trinajstić information content (AvgIpc) is 3.10. The molecule has 0 radical (unpaired) electrons. The van der Waals surface area contributed by atoms with E-state index in [0.29, 0.717) is 17.4 Å². The second-order valence-corrected chi connectivity index (χ2v) is 17.2. The van der Waals surface area contributed by atoms with E-state index in [1.165, 1.54) is 96.3 Å². The van der Waals surface area contributed by atoms with E-state index in [2.05, 4.69) is 38.2 Å². The van der Waals surface area contributed by atoms with Crippen molar-refractivity contribution in [3.05, 3.63) is 24.3 Å². The van der Waals surface area contributed by atoms with Crippen LogP contribution in [0.2, 0.25) is 0 Å². The largest absolute Gasteiger partial charge is 0.472 e. The van der Waals surface area contributed by atoms with Crippen LogP contribution in [-0.4, -0.2) is 74.9 Å². The van der Waals surface area contributed by atoms with Gasteiger partial charge in [0.1, 0.15) is 19.8 Å². The van der Waals surface area contributed by atoms with E-state index >= 15 is 0 Å². The minimum Gasteiger partial charge on any atom is -0.462 e. The van der Waals surface area contributed by atoms with E-state index in [-0.39, 0.29) is 32.0 Å². The molecular weight excluding hydrogens is 689 g/mol. The molecule has 0 saturated carbocycles. The number of nitrogens with zero attached hydrogens (tertiary/aromatic N) is 1. The van der Waals surface area contributed by atoms with Crippen molar-refractivity contribution in [1.82, 2.24) is 0 Å². The summed E-state index contributed by atoms with van der Waals surface area (Å²) in [5.74, 6) is -0.809. The molecule has 0 fully saturated rings. The Morgan fingerprint density at radius 2 is 0.962 bits per heavy atom. The molecule has 1 unspecified atom stereocenters. The molecule has 0 aromatic carbocycles. The Labute approximate surface area is 326 Å². The zero-order valence-corrected chi connectivity index (χ0v) is 35.9. The predicted octanol–water partition coefficient (Wildman–Crippen LogP) is 12.0. The number of unbranched alkanes of at least 4 members (excludes halogenated alkanes) is 21. The van der Waals surface area contributed by atoms with Crippen LogP contribution in [0.15, 0.2) is 24.3 Å². The van der Waals surface area contributed by atoms with E-state index < -0.39 is 26.5 Å². The van der Waals surface area contributed by atoms with Gasteiger partial charge in [0.2, 0.25) is 0 Å². The second kappa shape index (κ2) is 36.1. The van der Waals surface area contributed by atoms with Crippen LogP contribution in [0.3, 0.4) is 0 Å². The van der Waals surface area contributed by atoms with Gasteiger partial charge in [-0.15, -0.1) is 0 Å². The van der Waals surface area contributed by atoms with Crippen molar-refractivity contribution in [3.63, 3.8) is 0 Å². The number of hydrogen-bond donors (Lipinski definition) is 1. The maximum Gasteiger partial charge on any atom is 0.472 e. The number of quaternary nitrogens is 1. The van der Waals surface area contributed by atoms with Gasteiger partial charge in [0, 0.05) is 12.8 Å². The van der Waals surface area contributed by atoms with Gasteiger partial charge in [0.15, 0.2) is 6.10 Å². The number of esters is 2. The number of phosphoric acid groups is 1. The highest BCUT2D eigenvalue weighted by Crippen LogP contribution is 2.43. The molecule has 0 spiro atoms. The fourth-order valence-corrected chi connectivity index (χ4v) is 6.51. The van der Waals surface area contributed by atoms with Gasteiger partial charge in [-0.1, -0.05) is 134 Å². The Morgan fingerprint density at radius 1 is 0.566 bits per heavy atom. The van der Waals surface area contributed by atoms with Gasteiger partial charge in [0.25, 0.3) is 0 Å². The van der Waals surface area contributed by atoms with E-state index in [9.17, 15) is 19.0 Å². The van der Waals surface area contributed by atoms with Crippen LogP contribution in [0.25, 0.3) is 0 Å². The molecule has 0 aromatic heterocycles. The summed E-state index contributed by atoms with van der Waals surface area (Å²) in [6.07, 6.45) is 37.9. The lowest BCUT2D eigenvalue weighted by Crippen LogP contribution is -2.37. The van der Waals surface area contributed by atoms with Crippen LogP contribution in [0.5, 0.6) is 0 Å². The van der Waals surface area contributed by atoms with Crippen LogP contribution >= 0.6 is 7.82 Å². The normalized spacial score (nSPS) is 13.8. The topological polar surface area (TPSA) is 108 Å². The summed E-state index contributed by atoms with van der Waals surface area (Å²) in [7, 11) is 1.47. The SMILES string of the molecule is CCCCC/C=C/CCCCCCCC(=O)OC[C@H](COP(=O)(O)OCC[N+](C)(C)C)OC(=O)CCCCCCCCCCC/C=C/CCCCCC. The highest BCUT2D eigenvalue weighted by Gasteiger charge is 2.27. The lowest BCUT2D eigenvalue weighted by molar-refractivity contribution is -0.870. The third kappa shape index (κ3) is 40.0. The molecule has 10 heteroatoms. The molecule has 9 nitrogen and oxygen atoms in total. The molecule has 0 bridgehead atoms. The third-order valence-corrected chi connectivity index (χ3v) is 10.2. The number of rotatable bonds is 39. The first kappa shape index (κ1) is 51.5. The highest BCUT2D eigenvalue weighted by molar-refractivity contribution is 7.47. The first-order valence-corrected chi connectivity index (χ1v) is 23.1. The summed E-state index contributed by atoms with van der Waals surface area (Å²) in [5.41, 5.74) is 0. The Kier molecular flexibility index (Phi) is 35.1. The summed E-state index contributed by atoms with van der Waals surface area (Å²) >= 11 is 0. The summed E-state index contributed by atoms with van der Waals surface area (Å²) in [6, 6.07) is 0. The van der Waals surface area contributed by atoms with Crippen LogP contribution in [0, 0.1) is 0 Å². The molecule has 0 heterocycles. The van der Waals surface area contributed by atoms with E-state index in [0.717, 1.165) is 57.8 Å². The molecule has 0 amide bonds. The standard InChI is InChI=1S/C43H82NO8P/c1-6-8-10-12-14-16-18-20-21-22-23-24-26-28-30-32-34-36-43(46)52-41(40-51-53(47,48)50-38-37-44(3,4)5)39-49-42(45)35-33-31-29-27-25-19-17-15-13-11-9-7-2/h15-18,41H,6-14,19-40H2,1-5H3/p+1/b17-15+,18-16+/t41-/m1/s1. The summed E-state index contributed by atoms with van der Waals surface area (Å²) in [5, 5.41) is 0. The summed E-state index contributed by atoms with van der Waals surface area (Å²) < 4.78 is 34.3. The van der Waals surface area contributed by atoms with E-state index in [4.69, 9.17) is 18.5 Å². The quantitative estimate of drug-likeness (QED) is 0.0216. The van der Waals surface area contributed by atoms with Crippen molar-refractivity contribution in [1.29, 1.82) is 0 Å². The van der Waals surface area contributed by atoms with Gasteiger partial charge in [0.05, 0.1) is 27.7 Å². The third-order valence-electron chi connectivity index (χ3n) is 9.20. The van der Waals surface area contributed by atoms with Gasteiger partial charge in [-0.25, -0.2) is 4.57 Å². The molecular formula is C43H83NO8P+. The van der Waals surface area contributed by atoms with Gasteiger partial charge in [-0.2, -0.15) is 0 Å². The Bertz CT molecular complexity index is 964. The Morgan fingerprint density at radius 3 is 1.43 bits per heavy atom. The molecule has 0 aliphatic heterocycles. The molecule has 0 saturated heterocycles. The number of phosphoric ester groups is 1. The Hall–Kier alpha value is -1.51. The van der Waals surface area contributed by atoms with Gasteiger partial charge in [-0.3, -0.25) is 18.6 Å². The minimum atomic E-state index is -4.37. The van der Waals surface area contributed by atoms with Gasteiger partial charge >= 0.3 is 19.8 Å². The molecule has 1 N–H and O–H groups in total. The van der Waals surface area contributed by atoms with Gasteiger partial charge in [-0.05, 0) is 64.2 Å². The number of carbonyl (C=O) groups excluding carboxylic acids is 2. The van der Waals surface area contributed by atoms with Crippen LogP contribution in [0.1, 0.15) is 187 Å². The molecule has 0 aliphatic rings. The molecule has 2 atom stereocenters. The minimum absolute atomic E-state index is 0.0311. The lowest BCUT2D eigenvalue weighted by atomic mass is 10.1. The number of carbonyl (C=O) groups is 2. The first-order chi connectivity index (χ1) is 25.5.